The van der Waals surface area contributed by atoms with Crippen molar-refractivity contribution in [1.29, 1.82) is 0 Å². The maximum absolute atomic E-state index is 11.8. The van der Waals surface area contributed by atoms with E-state index in [4.69, 9.17) is 9.16 Å². The molecular formula is C30H37N7O7Si. The number of nitro benzene ring substituents is 2. The summed E-state index contributed by atoms with van der Waals surface area (Å²) >= 11 is 0. The Labute approximate surface area is 261 Å². The SMILES string of the molecule is CC(C)(C)[Si](C)(C)OC[C@H]1O[C@@H](n2cnc3c(N(Cc4ccccc4[N+](=O)[O-])Cc4ccccc4[N+](=O)[O-])ncnc32)C[C@@H]1O. The zero-order valence-electron chi connectivity index (χ0n) is 25.9. The van der Waals surface area contributed by atoms with Gasteiger partial charge < -0.3 is 19.2 Å². The summed E-state index contributed by atoms with van der Waals surface area (Å²) in [5, 5.41) is 34.5. The number of fused-ring (bicyclic) bond motifs is 1. The van der Waals surface area contributed by atoms with Crippen molar-refractivity contribution in [2.24, 2.45) is 0 Å². The van der Waals surface area contributed by atoms with Crippen molar-refractivity contribution in [3.63, 3.8) is 0 Å². The highest BCUT2D eigenvalue weighted by atomic mass is 28.4. The Morgan fingerprint density at radius 3 is 2.13 bits per heavy atom. The van der Waals surface area contributed by atoms with Gasteiger partial charge in [-0.3, -0.25) is 24.8 Å². The van der Waals surface area contributed by atoms with Crippen molar-refractivity contribution in [1.82, 2.24) is 19.5 Å². The van der Waals surface area contributed by atoms with Crippen molar-refractivity contribution < 1.29 is 24.1 Å². The van der Waals surface area contributed by atoms with E-state index in [2.05, 4.69) is 48.8 Å². The van der Waals surface area contributed by atoms with Crippen LogP contribution < -0.4 is 4.90 Å². The van der Waals surface area contributed by atoms with Gasteiger partial charge in [0.25, 0.3) is 11.4 Å². The molecule has 4 aromatic rings. The van der Waals surface area contributed by atoms with Gasteiger partial charge in [-0.1, -0.05) is 57.2 Å². The third kappa shape index (κ3) is 6.71. The standard InChI is InChI=1S/C30H37N7O7Si/c1-30(2,3)45(4,5)43-17-25-24(38)14-26(44-25)35-19-33-27-28(31-18-32-29(27)35)34(15-20-10-6-8-12-22(20)36(39)40)16-21-11-7-9-13-23(21)37(41)42/h6-13,18-19,24-26,38H,14-17H2,1-5H3/t24-,25+,26+/m0/s1. The van der Waals surface area contributed by atoms with Crippen molar-refractivity contribution in [2.45, 2.75) is 76.8 Å². The Balaban J connectivity index is 1.48. The number of anilines is 1. The van der Waals surface area contributed by atoms with Gasteiger partial charge in [-0.2, -0.15) is 0 Å². The number of benzene rings is 2. The van der Waals surface area contributed by atoms with E-state index in [-0.39, 0.29) is 36.1 Å². The number of imidazole rings is 1. The summed E-state index contributed by atoms with van der Waals surface area (Å²) in [6.07, 6.45) is 1.35. The number of nitro groups is 2. The van der Waals surface area contributed by atoms with Gasteiger partial charge in [0.05, 0.1) is 42.0 Å². The number of aromatic nitrogens is 4. The highest BCUT2D eigenvalue weighted by molar-refractivity contribution is 6.74. The molecule has 1 aliphatic rings. The van der Waals surface area contributed by atoms with Crippen LogP contribution >= 0.6 is 0 Å². The molecule has 14 nitrogen and oxygen atoms in total. The Morgan fingerprint density at radius 2 is 1.58 bits per heavy atom. The van der Waals surface area contributed by atoms with Gasteiger partial charge >= 0.3 is 0 Å². The molecule has 1 fully saturated rings. The average Bonchev–Trinajstić information content (AvgIpc) is 3.58. The molecule has 2 aromatic carbocycles. The molecule has 15 heteroatoms. The highest BCUT2D eigenvalue weighted by Crippen LogP contribution is 2.38. The van der Waals surface area contributed by atoms with Crippen LogP contribution in [0.25, 0.3) is 11.2 Å². The lowest BCUT2D eigenvalue weighted by atomic mass is 10.1. The third-order valence-corrected chi connectivity index (χ3v) is 13.2. The van der Waals surface area contributed by atoms with Crippen molar-refractivity contribution in [2.75, 3.05) is 11.5 Å². The van der Waals surface area contributed by atoms with Crippen LogP contribution in [0.4, 0.5) is 17.2 Å². The van der Waals surface area contributed by atoms with E-state index < -0.39 is 36.6 Å². The lowest BCUT2D eigenvalue weighted by molar-refractivity contribution is -0.385. The Morgan fingerprint density at radius 1 is 1.00 bits per heavy atom. The molecule has 0 radical (unpaired) electrons. The molecule has 45 heavy (non-hydrogen) atoms. The molecular weight excluding hydrogens is 598 g/mol. The van der Waals surface area contributed by atoms with Crippen LogP contribution in [0.3, 0.4) is 0 Å². The monoisotopic (exact) mass is 635 g/mol. The normalized spacial score (nSPS) is 18.8. The molecule has 0 bridgehead atoms. The number of nitrogens with zero attached hydrogens (tertiary/aromatic N) is 7. The predicted octanol–water partition coefficient (Wildman–Crippen LogP) is 5.52. The van der Waals surface area contributed by atoms with E-state index in [1.54, 1.807) is 52.2 Å². The first-order chi connectivity index (χ1) is 21.3. The number of aliphatic hydroxyl groups is 1. The largest absolute Gasteiger partial charge is 0.414 e. The summed E-state index contributed by atoms with van der Waals surface area (Å²) < 4.78 is 14.3. The maximum atomic E-state index is 11.8. The summed E-state index contributed by atoms with van der Waals surface area (Å²) in [4.78, 5) is 38.0. The summed E-state index contributed by atoms with van der Waals surface area (Å²) in [6.45, 7) is 11.1. The number of para-hydroxylation sites is 2. The van der Waals surface area contributed by atoms with Crippen LogP contribution in [-0.4, -0.2) is 61.6 Å². The molecule has 0 saturated carbocycles. The predicted molar refractivity (Wildman–Crippen MR) is 169 cm³/mol. The molecule has 5 rings (SSSR count). The van der Waals surface area contributed by atoms with Gasteiger partial charge in [0.15, 0.2) is 25.3 Å². The molecule has 238 valence electrons. The molecule has 0 spiro atoms. The van der Waals surface area contributed by atoms with E-state index in [0.717, 1.165) is 0 Å². The summed E-state index contributed by atoms with van der Waals surface area (Å²) in [6, 6.07) is 12.7. The molecule has 3 heterocycles. The summed E-state index contributed by atoms with van der Waals surface area (Å²) in [5.74, 6) is 0.339. The van der Waals surface area contributed by atoms with Crippen LogP contribution in [0.5, 0.6) is 0 Å². The van der Waals surface area contributed by atoms with Gasteiger partial charge in [-0.25, -0.2) is 15.0 Å². The van der Waals surface area contributed by atoms with Crippen LogP contribution in [0, 0.1) is 20.2 Å². The maximum Gasteiger partial charge on any atom is 0.274 e. The van der Waals surface area contributed by atoms with E-state index in [1.807, 2.05) is 0 Å². The molecule has 1 saturated heterocycles. The van der Waals surface area contributed by atoms with Crippen LogP contribution in [0.15, 0.2) is 61.2 Å². The molecule has 1 aliphatic heterocycles. The van der Waals surface area contributed by atoms with Crippen LogP contribution in [-0.2, 0) is 22.3 Å². The number of hydrogen-bond donors (Lipinski definition) is 1. The van der Waals surface area contributed by atoms with Crippen molar-refractivity contribution >= 4 is 36.7 Å². The van der Waals surface area contributed by atoms with Gasteiger partial charge in [-0.05, 0) is 18.1 Å². The van der Waals surface area contributed by atoms with E-state index >= 15 is 0 Å². The zero-order valence-corrected chi connectivity index (χ0v) is 26.9. The second-order valence-electron chi connectivity index (χ2n) is 12.7. The zero-order chi connectivity index (χ0) is 32.5. The fourth-order valence-corrected chi connectivity index (χ4v) is 6.10. The second kappa shape index (κ2) is 12.6. The van der Waals surface area contributed by atoms with E-state index in [9.17, 15) is 25.3 Å². The minimum Gasteiger partial charge on any atom is -0.414 e. The van der Waals surface area contributed by atoms with Gasteiger partial charge in [0, 0.05) is 29.7 Å². The van der Waals surface area contributed by atoms with Gasteiger partial charge in [-0.15, -0.1) is 0 Å². The lowest BCUT2D eigenvalue weighted by Gasteiger charge is -2.37. The summed E-state index contributed by atoms with van der Waals surface area (Å²) in [7, 11) is -2.06. The molecule has 2 aromatic heterocycles. The van der Waals surface area contributed by atoms with Crippen LogP contribution in [0.1, 0.15) is 44.5 Å². The van der Waals surface area contributed by atoms with Crippen molar-refractivity contribution in [3.8, 4) is 0 Å². The average molecular weight is 636 g/mol. The van der Waals surface area contributed by atoms with E-state index in [0.29, 0.717) is 34.5 Å². The fourth-order valence-electron chi connectivity index (χ4n) is 5.09. The topological polar surface area (TPSA) is 172 Å². The lowest BCUT2D eigenvalue weighted by Crippen LogP contribution is -2.43. The minimum absolute atomic E-state index is 0.00998. The fraction of sp³-hybridized carbons (Fsp3) is 0.433. The Hall–Kier alpha value is -4.31. The Kier molecular flexibility index (Phi) is 8.98. The second-order valence-corrected chi connectivity index (χ2v) is 17.5. The molecule has 0 aliphatic carbocycles. The van der Waals surface area contributed by atoms with Crippen molar-refractivity contribution in [3.05, 3.63) is 92.5 Å². The Bertz CT molecular complexity index is 1650. The quantitative estimate of drug-likeness (QED) is 0.125. The van der Waals surface area contributed by atoms with Gasteiger partial charge in [0.1, 0.15) is 18.7 Å². The number of ether oxygens (including phenoxy) is 1. The van der Waals surface area contributed by atoms with Crippen LogP contribution in [0.2, 0.25) is 18.1 Å². The first-order valence-corrected chi connectivity index (χ1v) is 17.5. The number of aliphatic hydroxyl groups excluding tert-OH is 1. The molecule has 0 amide bonds. The first-order valence-electron chi connectivity index (χ1n) is 14.6. The molecule has 1 N–H and O–H groups in total. The van der Waals surface area contributed by atoms with Gasteiger partial charge in [0.2, 0.25) is 0 Å². The first kappa shape index (κ1) is 32.1. The molecule has 3 atom stereocenters. The smallest absolute Gasteiger partial charge is 0.274 e. The number of rotatable bonds is 11. The number of hydrogen-bond acceptors (Lipinski definition) is 11. The minimum atomic E-state index is -2.06. The highest BCUT2D eigenvalue weighted by Gasteiger charge is 2.41. The van der Waals surface area contributed by atoms with E-state index in [1.165, 1.54) is 18.5 Å². The molecule has 0 unspecified atom stereocenters. The summed E-state index contributed by atoms with van der Waals surface area (Å²) in [5.41, 5.74) is 1.45. The third-order valence-electron chi connectivity index (χ3n) is 8.67.